The Morgan fingerprint density at radius 1 is 1.07 bits per heavy atom. The monoisotopic (exact) mass is 447 g/mol. The van der Waals surface area contributed by atoms with Crippen LogP contribution in [0.15, 0.2) is 47.4 Å². The molecule has 1 atom stereocenters. The maximum absolute atomic E-state index is 12.7. The van der Waals surface area contributed by atoms with Crippen molar-refractivity contribution >= 4 is 54.5 Å². The van der Waals surface area contributed by atoms with Gasteiger partial charge in [0, 0.05) is 21.3 Å². The van der Waals surface area contributed by atoms with Crippen molar-refractivity contribution in [3.63, 3.8) is 0 Å². The molecule has 6 nitrogen and oxygen atoms in total. The van der Waals surface area contributed by atoms with Crippen LogP contribution in [0.3, 0.4) is 0 Å². The number of nitrogens with one attached hydrogen (secondary N) is 1. The van der Waals surface area contributed by atoms with Crippen molar-refractivity contribution in [1.29, 1.82) is 0 Å². The number of sulfone groups is 2. The topological polar surface area (TPSA) is 97.4 Å². The number of carbonyl (C=O) groups is 1. The van der Waals surface area contributed by atoms with Gasteiger partial charge in [0.2, 0.25) is 0 Å². The maximum atomic E-state index is 12.7. The number of benzene rings is 2. The minimum absolute atomic E-state index is 0.0576. The second kappa shape index (κ2) is 7.43. The van der Waals surface area contributed by atoms with Crippen LogP contribution >= 0.6 is 23.2 Å². The predicted molar refractivity (Wildman–Crippen MR) is 105 cm³/mol. The van der Waals surface area contributed by atoms with Gasteiger partial charge in [-0.1, -0.05) is 29.3 Å². The SMILES string of the molecule is O=C(Nc1cc(Cl)cc(Cl)c1)c1cccc(S(=O)(=O)C2CCS(=O)(=O)C2)c1. The van der Waals surface area contributed by atoms with Crippen LogP contribution in [0.4, 0.5) is 5.69 Å². The summed E-state index contributed by atoms with van der Waals surface area (Å²) in [6.07, 6.45) is 0.0576. The summed E-state index contributed by atoms with van der Waals surface area (Å²) in [5.41, 5.74) is 0.487. The van der Waals surface area contributed by atoms with Crippen molar-refractivity contribution in [2.45, 2.75) is 16.6 Å². The van der Waals surface area contributed by atoms with Crippen LogP contribution in [0, 0.1) is 0 Å². The van der Waals surface area contributed by atoms with E-state index in [0.717, 1.165) is 0 Å². The Hall–Kier alpha value is -1.61. The summed E-state index contributed by atoms with van der Waals surface area (Å²) >= 11 is 11.8. The lowest BCUT2D eigenvalue weighted by molar-refractivity contribution is 0.102. The highest BCUT2D eigenvalue weighted by atomic mass is 35.5. The van der Waals surface area contributed by atoms with Crippen LogP contribution in [0.1, 0.15) is 16.8 Å². The number of halogens is 2. The number of hydrogen-bond acceptors (Lipinski definition) is 5. The largest absolute Gasteiger partial charge is 0.322 e. The second-order valence-corrected chi connectivity index (χ2v) is 11.5. The lowest BCUT2D eigenvalue weighted by Crippen LogP contribution is -2.23. The van der Waals surface area contributed by atoms with E-state index in [9.17, 15) is 21.6 Å². The van der Waals surface area contributed by atoms with Gasteiger partial charge in [0.05, 0.1) is 21.7 Å². The third-order valence-corrected chi connectivity index (χ3v) is 8.78. The van der Waals surface area contributed by atoms with E-state index < -0.39 is 36.6 Å². The molecule has 1 fully saturated rings. The van der Waals surface area contributed by atoms with Crippen LogP contribution in [0.5, 0.6) is 0 Å². The van der Waals surface area contributed by atoms with Crippen LogP contribution < -0.4 is 5.32 Å². The van der Waals surface area contributed by atoms with Crippen molar-refractivity contribution in [2.24, 2.45) is 0 Å². The Balaban J connectivity index is 1.86. The number of anilines is 1. The molecule has 1 aliphatic rings. The average Bonchev–Trinajstić information content (AvgIpc) is 2.95. The first kappa shape index (κ1) is 20.1. The van der Waals surface area contributed by atoms with Gasteiger partial charge in [-0.15, -0.1) is 0 Å². The number of rotatable bonds is 4. The highest BCUT2D eigenvalue weighted by Gasteiger charge is 2.38. The summed E-state index contributed by atoms with van der Waals surface area (Å²) in [4.78, 5) is 12.4. The molecule has 1 aliphatic heterocycles. The fraction of sp³-hybridized carbons (Fsp3) is 0.235. The predicted octanol–water partition coefficient (Wildman–Crippen LogP) is 3.21. The highest BCUT2D eigenvalue weighted by molar-refractivity contribution is 7.96. The van der Waals surface area contributed by atoms with E-state index in [-0.39, 0.29) is 22.6 Å². The average molecular weight is 448 g/mol. The van der Waals surface area contributed by atoms with Gasteiger partial charge < -0.3 is 5.32 Å². The molecule has 0 aliphatic carbocycles. The molecule has 1 heterocycles. The Kier molecular flexibility index (Phi) is 5.54. The molecule has 0 bridgehead atoms. The zero-order chi connectivity index (χ0) is 19.8. The van der Waals surface area contributed by atoms with Crippen LogP contribution in [-0.4, -0.2) is 39.5 Å². The molecule has 3 rings (SSSR count). The standard InChI is InChI=1S/C17H15Cl2NO5S2/c18-12-7-13(19)9-14(8-12)20-17(21)11-2-1-3-15(6-11)27(24,25)16-4-5-26(22,23)10-16/h1-3,6-9,16H,4-5,10H2,(H,20,21). The highest BCUT2D eigenvalue weighted by Crippen LogP contribution is 2.27. The molecule has 144 valence electrons. The molecule has 10 heteroatoms. The summed E-state index contributed by atoms with van der Waals surface area (Å²) in [6, 6.07) is 10.0. The lowest BCUT2D eigenvalue weighted by Gasteiger charge is -2.12. The molecule has 0 radical (unpaired) electrons. The summed E-state index contributed by atoms with van der Waals surface area (Å²) in [5.74, 6) is -1.08. The van der Waals surface area contributed by atoms with Crippen molar-refractivity contribution in [3.05, 3.63) is 58.1 Å². The van der Waals surface area contributed by atoms with Gasteiger partial charge in [-0.3, -0.25) is 4.79 Å². The Labute approximate surface area is 167 Å². The minimum atomic E-state index is -3.85. The molecule has 2 aromatic carbocycles. The zero-order valence-corrected chi connectivity index (χ0v) is 17.0. The third-order valence-electron chi connectivity index (χ3n) is 4.17. The van der Waals surface area contributed by atoms with Gasteiger partial charge in [0.15, 0.2) is 19.7 Å². The number of carbonyl (C=O) groups excluding carboxylic acids is 1. The molecule has 0 saturated carbocycles. The normalized spacial score (nSPS) is 19.0. The van der Waals surface area contributed by atoms with E-state index >= 15 is 0 Å². The first-order valence-electron chi connectivity index (χ1n) is 7.89. The summed E-state index contributed by atoms with van der Waals surface area (Å²) in [7, 11) is -7.20. The lowest BCUT2D eigenvalue weighted by atomic mass is 10.2. The van der Waals surface area contributed by atoms with Gasteiger partial charge in [-0.25, -0.2) is 16.8 Å². The van der Waals surface area contributed by atoms with Gasteiger partial charge >= 0.3 is 0 Å². The molecule has 27 heavy (non-hydrogen) atoms. The van der Waals surface area contributed by atoms with Crippen LogP contribution in [0.25, 0.3) is 0 Å². The molecule has 2 aromatic rings. The Morgan fingerprint density at radius 2 is 1.74 bits per heavy atom. The van der Waals surface area contributed by atoms with Crippen molar-refractivity contribution in [3.8, 4) is 0 Å². The molecular formula is C17H15Cl2NO5S2. The summed E-state index contributed by atoms with van der Waals surface area (Å²) in [5, 5.41) is 2.30. The van der Waals surface area contributed by atoms with Crippen molar-refractivity contribution in [1.82, 2.24) is 0 Å². The molecular weight excluding hydrogens is 433 g/mol. The molecule has 1 saturated heterocycles. The first-order valence-corrected chi connectivity index (χ1v) is 12.0. The van der Waals surface area contributed by atoms with Crippen LogP contribution in [-0.2, 0) is 19.7 Å². The van der Waals surface area contributed by atoms with E-state index in [0.29, 0.717) is 15.7 Å². The fourth-order valence-electron chi connectivity index (χ4n) is 2.84. The Bertz CT molecular complexity index is 1090. The summed E-state index contributed by atoms with van der Waals surface area (Å²) < 4.78 is 48.6. The van der Waals surface area contributed by atoms with E-state index in [1.165, 1.54) is 42.5 Å². The van der Waals surface area contributed by atoms with Crippen LogP contribution in [0.2, 0.25) is 10.0 Å². The quantitative estimate of drug-likeness (QED) is 0.775. The van der Waals surface area contributed by atoms with Gasteiger partial charge in [-0.2, -0.15) is 0 Å². The second-order valence-electron chi connectivity index (χ2n) is 6.21. The van der Waals surface area contributed by atoms with Crippen molar-refractivity contribution < 1.29 is 21.6 Å². The molecule has 1 N–H and O–H groups in total. The molecule has 1 amide bonds. The maximum Gasteiger partial charge on any atom is 0.255 e. The van der Waals surface area contributed by atoms with E-state index in [4.69, 9.17) is 23.2 Å². The van der Waals surface area contributed by atoms with E-state index in [1.807, 2.05) is 0 Å². The summed E-state index contributed by atoms with van der Waals surface area (Å²) in [6.45, 7) is 0. The zero-order valence-electron chi connectivity index (χ0n) is 13.9. The van der Waals surface area contributed by atoms with E-state index in [2.05, 4.69) is 5.32 Å². The number of hydrogen-bond donors (Lipinski definition) is 1. The number of amides is 1. The Morgan fingerprint density at radius 3 is 2.33 bits per heavy atom. The minimum Gasteiger partial charge on any atom is -0.322 e. The van der Waals surface area contributed by atoms with Crippen molar-refractivity contribution in [2.75, 3.05) is 16.8 Å². The first-order chi connectivity index (χ1) is 12.6. The fourth-order valence-corrected chi connectivity index (χ4v) is 7.77. The molecule has 1 unspecified atom stereocenters. The van der Waals surface area contributed by atoms with Gasteiger partial charge in [0.25, 0.3) is 5.91 Å². The third kappa shape index (κ3) is 4.63. The molecule has 0 aromatic heterocycles. The van der Waals surface area contributed by atoms with Gasteiger partial charge in [-0.05, 0) is 42.8 Å². The van der Waals surface area contributed by atoms with E-state index in [1.54, 1.807) is 0 Å². The smallest absolute Gasteiger partial charge is 0.255 e. The molecule has 0 spiro atoms. The van der Waals surface area contributed by atoms with Gasteiger partial charge in [0.1, 0.15) is 0 Å².